The predicted molar refractivity (Wildman–Crippen MR) is 97.9 cm³/mol. The largest absolute Gasteiger partial charge is 0.497 e. The monoisotopic (exact) mass is 303 g/mol. The van der Waals surface area contributed by atoms with Gasteiger partial charge in [-0.3, -0.25) is 0 Å². The summed E-state index contributed by atoms with van der Waals surface area (Å²) in [6, 6.07) is 8.44. The molecule has 1 rings (SSSR count). The average Bonchev–Trinajstić information content (AvgIpc) is 2.51. The number of benzene rings is 1. The number of nitrogens with zero attached hydrogens (tertiary/aromatic N) is 1. The number of rotatable bonds is 10. The number of hydrogen-bond acceptors (Lipinski definition) is 2. The number of allylic oxidation sites excluding steroid dienone is 2. The first-order valence-electron chi connectivity index (χ1n) is 8.59. The predicted octanol–water partition coefficient (Wildman–Crippen LogP) is 5.68. The van der Waals surface area contributed by atoms with Crippen molar-refractivity contribution in [2.24, 2.45) is 5.92 Å². The fraction of sp³-hybridized carbons (Fsp3) is 0.600. The Morgan fingerprint density at radius 2 is 1.82 bits per heavy atom. The molecule has 0 heterocycles. The van der Waals surface area contributed by atoms with E-state index in [0.717, 1.165) is 24.8 Å². The van der Waals surface area contributed by atoms with Crippen molar-refractivity contribution in [2.75, 3.05) is 25.1 Å². The molecule has 0 aliphatic carbocycles. The second kappa shape index (κ2) is 10.3. The standard InChI is InChI=1S/C20H33NO/c1-6-15-21(19-10-12-20(22-5)13-11-19)16-14-18(4)9-7-8-17(2)3/h8,10-13,18H,6-7,9,14-16H2,1-5H3. The Kier molecular flexibility index (Phi) is 8.72. The fourth-order valence-corrected chi connectivity index (χ4v) is 2.61. The van der Waals surface area contributed by atoms with Crippen LogP contribution in [0.3, 0.4) is 0 Å². The highest BCUT2D eigenvalue weighted by molar-refractivity contribution is 5.49. The van der Waals surface area contributed by atoms with Gasteiger partial charge in [-0.15, -0.1) is 0 Å². The first-order valence-corrected chi connectivity index (χ1v) is 8.59. The number of hydrogen-bond donors (Lipinski definition) is 0. The maximum Gasteiger partial charge on any atom is 0.119 e. The summed E-state index contributed by atoms with van der Waals surface area (Å²) >= 11 is 0. The smallest absolute Gasteiger partial charge is 0.119 e. The van der Waals surface area contributed by atoms with Crippen molar-refractivity contribution in [1.29, 1.82) is 0 Å². The molecule has 0 amide bonds. The van der Waals surface area contributed by atoms with Crippen LogP contribution in [0.15, 0.2) is 35.9 Å². The lowest BCUT2D eigenvalue weighted by atomic mass is 10.0. The highest BCUT2D eigenvalue weighted by atomic mass is 16.5. The van der Waals surface area contributed by atoms with Gasteiger partial charge in [0.05, 0.1) is 7.11 Å². The van der Waals surface area contributed by atoms with Crippen molar-refractivity contribution in [1.82, 2.24) is 0 Å². The molecule has 1 aromatic rings. The SMILES string of the molecule is CCCN(CCC(C)CCC=C(C)C)c1ccc(OC)cc1. The molecule has 0 aromatic heterocycles. The minimum Gasteiger partial charge on any atom is -0.497 e. The molecular weight excluding hydrogens is 270 g/mol. The summed E-state index contributed by atoms with van der Waals surface area (Å²) < 4.78 is 5.25. The summed E-state index contributed by atoms with van der Waals surface area (Å²) in [7, 11) is 1.72. The summed E-state index contributed by atoms with van der Waals surface area (Å²) in [5, 5.41) is 0. The first kappa shape index (κ1) is 18.6. The Balaban J connectivity index is 2.50. The van der Waals surface area contributed by atoms with Crippen LogP contribution in [0.25, 0.3) is 0 Å². The quantitative estimate of drug-likeness (QED) is 0.515. The lowest BCUT2D eigenvalue weighted by molar-refractivity contribution is 0.414. The maximum atomic E-state index is 5.25. The molecule has 0 aliphatic heterocycles. The van der Waals surface area contributed by atoms with Crippen LogP contribution in [0.5, 0.6) is 5.75 Å². The normalized spacial score (nSPS) is 11.9. The van der Waals surface area contributed by atoms with E-state index in [1.54, 1.807) is 7.11 Å². The zero-order chi connectivity index (χ0) is 16.4. The molecule has 22 heavy (non-hydrogen) atoms. The third-order valence-electron chi connectivity index (χ3n) is 4.03. The summed E-state index contributed by atoms with van der Waals surface area (Å²) in [5.74, 6) is 1.70. The van der Waals surface area contributed by atoms with Crippen LogP contribution in [0.4, 0.5) is 5.69 Å². The Hall–Kier alpha value is -1.44. The molecule has 0 radical (unpaired) electrons. The first-order chi connectivity index (χ1) is 10.6. The Bertz CT molecular complexity index is 432. The van der Waals surface area contributed by atoms with E-state index < -0.39 is 0 Å². The van der Waals surface area contributed by atoms with Crippen LogP contribution < -0.4 is 9.64 Å². The van der Waals surface area contributed by atoms with Crippen LogP contribution in [-0.2, 0) is 0 Å². The van der Waals surface area contributed by atoms with Crippen LogP contribution in [0.2, 0.25) is 0 Å². The van der Waals surface area contributed by atoms with E-state index in [4.69, 9.17) is 4.74 Å². The number of methoxy groups -OCH3 is 1. The van der Waals surface area contributed by atoms with Gasteiger partial charge in [-0.05, 0) is 69.7 Å². The van der Waals surface area contributed by atoms with Crippen LogP contribution in [0.1, 0.15) is 53.4 Å². The molecule has 0 saturated carbocycles. The third kappa shape index (κ3) is 7.02. The maximum absolute atomic E-state index is 5.25. The van der Waals surface area contributed by atoms with Gasteiger partial charge in [-0.25, -0.2) is 0 Å². The number of ether oxygens (including phenoxy) is 1. The lowest BCUT2D eigenvalue weighted by Crippen LogP contribution is -2.26. The molecule has 0 fully saturated rings. The minimum atomic E-state index is 0.771. The molecular formula is C20H33NO. The molecule has 0 aliphatic rings. The molecule has 2 heteroatoms. The zero-order valence-corrected chi connectivity index (χ0v) is 15.1. The van der Waals surface area contributed by atoms with E-state index in [-0.39, 0.29) is 0 Å². The molecule has 1 aromatic carbocycles. The third-order valence-corrected chi connectivity index (χ3v) is 4.03. The summed E-state index contributed by atoms with van der Waals surface area (Å²) in [6.07, 6.45) is 7.28. The van der Waals surface area contributed by atoms with Crippen molar-refractivity contribution in [2.45, 2.75) is 53.4 Å². The molecule has 1 atom stereocenters. The van der Waals surface area contributed by atoms with Crippen molar-refractivity contribution >= 4 is 5.69 Å². The average molecular weight is 303 g/mol. The zero-order valence-electron chi connectivity index (χ0n) is 15.1. The highest BCUT2D eigenvalue weighted by Gasteiger charge is 2.08. The van der Waals surface area contributed by atoms with E-state index in [9.17, 15) is 0 Å². The highest BCUT2D eigenvalue weighted by Crippen LogP contribution is 2.21. The van der Waals surface area contributed by atoms with Gasteiger partial charge >= 0.3 is 0 Å². The molecule has 0 bridgehead atoms. The van der Waals surface area contributed by atoms with Crippen LogP contribution >= 0.6 is 0 Å². The topological polar surface area (TPSA) is 12.5 Å². The van der Waals surface area contributed by atoms with E-state index in [1.807, 2.05) is 0 Å². The summed E-state index contributed by atoms with van der Waals surface area (Å²) in [6.45, 7) is 11.2. The fourth-order valence-electron chi connectivity index (χ4n) is 2.61. The minimum absolute atomic E-state index is 0.771. The Labute approximate surface area is 137 Å². The Morgan fingerprint density at radius 1 is 1.14 bits per heavy atom. The number of anilines is 1. The van der Waals surface area contributed by atoms with Crippen molar-refractivity contribution < 1.29 is 4.74 Å². The van der Waals surface area contributed by atoms with E-state index in [2.05, 4.69) is 62.9 Å². The molecule has 124 valence electrons. The molecule has 0 saturated heterocycles. The van der Waals surface area contributed by atoms with Gasteiger partial charge in [0.25, 0.3) is 0 Å². The van der Waals surface area contributed by atoms with E-state index in [0.29, 0.717) is 0 Å². The molecule has 1 unspecified atom stereocenters. The van der Waals surface area contributed by atoms with Gasteiger partial charge in [0.1, 0.15) is 5.75 Å². The summed E-state index contributed by atoms with van der Waals surface area (Å²) in [5.41, 5.74) is 2.73. The molecule has 0 spiro atoms. The molecule has 2 nitrogen and oxygen atoms in total. The lowest BCUT2D eigenvalue weighted by Gasteiger charge is -2.26. The second-order valence-corrected chi connectivity index (χ2v) is 6.44. The van der Waals surface area contributed by atoms with Gasteiger partial charge in [0, 0.05) is 18.8 Å². The second-order valence-electron chi connectivity index (χ2n) is 6.44. The summed E-state index contributed by atoms with van der Waals surface area (Å²) in [4.78, 5) is 2.50. The van der Waals surface area contributed by atoms with Gasteiger partial charge < -0.3 is 9.64 Å². The molecule has 0 N–H and O–H groups in total. The van der Waals surface area contributed by atoms with Crippen molar-refractivity contribution in [3.05, 3.63) is 35.9 Å². The van der Waals surface area contributed by atoms with Gasteiger partial charge in [0.15, 0.2) is 0 Å². The van der Waals surface area contributed by atoms with Crippen LogP contribution in [-0.4, -0.2) is 20.2 Å². The van der Waals surface area contributed by atoms with Crippen molar-refractivity contribution in [3.8, 4) is 5.75 Å². The van der Waals surface area contributed by atoms with E-state index >= 15 is 0 Å². The van der Waals surface area contributed by atoms with E-state index in [1.165, 1.54) is 36.9 Å². The van der Waals surface area contributed by atoms with Gasteiger partial charge in [-0.2, -0.15) is 0 Å². The van der Waals surface area contributed by atoms with Crippen LogP contribution in [0, 0.1) is 5.92 Å². The van der Waals surface area contributed by atoms with Crippen molar-refractivity contribution in [3.63, 3.8) is 0 Å². The van der Waals surface area contributed by atoms with Gasteiger partial charge in [0.2, 0.25) is 0 Å². The Morgan fingerprint density at radius 3 is 2.36 bits per heavy atom. The van der Waals surface area contributed by atoms with Gasteiger partial charge in [-0.1, -0.05) is 25.5 Å².